The number of amides is 2. The number of methoxy groups -OCH3 is 1. The molecule has 0 spiro atoms. The zero-order valence-corrected chi connectivity index (χ0v) is 17.8. The Labute approximate surface area is 178 Å². The van der Waals surface area contributed by atoms with Crippen LogP contribution >= 0.6 is 11.6 Å². The van der Waals surface area contributed by atoms with Crippen molar-refractivity contribution in [2.75, 3.05) is 20.3 Å². The molecule has 2 amide bonds. The van der Waals surface area contributed by atoms with Crippen molar-refractivity contribution in [2.45, 2.75) is 38.8 Å². The van der Waals surface area contributed by atoms with Crippen molar-refractivity contribution in [3.05, 3.63) is 70.7 Å². The Morgan fingerprint density at radius 2 is 1.76 bits per heavy atom. The molecular formula is C23H29ClN2O3. The maximum Gasteiger partial charge on any atom is 0.243 e. The van der Waals surface area contributed by atoms with Gasteiger partial charge in [0, 0.05) is 44.7 Å². The molecule has 0 aliphatic rings. The van der Waals surface area contributed by atoms with Crippen molar-refractivity contribution >= 4 is 23.4 Å². The fraction of sp³-hybridized carbons (Fsp3) is 0.391. The van der Waals surface area contributed by atoms with Crippen molar-refractivity contribution in [1.29, 1.82) is 0 Å². The van der Waals surface area contributed by atoms with Crippen molar-refractivity contribution < 1.29 is 14.3 Å². The molecule has 0 heterocycles. The van der Waals surface area contributed by atoms with Gasteiger partial charge in [0.1, 0.15) is 6.04 Å². The minimum atomic E-state index is -0.594. The summed E-state index contributed by atoms with van der Waals surface area (Å²) in [6.07, 6.45) is 1.51. The van der Waals surface area contributed by atoms with Gasteiger partial charge >= 0.3 is 0 Å². The first-order valence-corrected chi connectivity index (χ1v) is 10.3. The van der Waals surface area contributed by atoms with E-state index in [1.165, 1.54) is 0 Å². The number of carbonyl (C=O) groups is 2. The molecule has 0 radical (unpaired) electrons. The SMILES string of the molecule is CCC(=O)N(Cc1ccc(Cl)cc1)C(Cc1ccccc1)C(=O)NCCCOC. The van der Waals surface area contributed by atoms with E-state index in [2.05, 4.69) is 5.32 Å². The van der Waals surface area contributed by atoms with Crippen LogP contribution in [0, 0.1) is 0 Å². The van der Waals surface area contributed by atoms with Gasteiger partial charge in [-0.15, -0.1) is 0 Å². The van der Waals surface area contributed by atoms with E-state index in [1.54, 1.807) is 24.1 Å². The summed E-state index contributed by atoms with van der Waals surface area (Å²) < 4.78 is 5.04. The Kier molecular flexibility index (Phi) is 9.68. The quantitative estimate of drug-likeness (QED) is 0.566. The van der Waals surface area contributed by atoms with Gasteiger partial charge in [-0.2, -0.15) is 0 Å². The van der Waals surface area contributed by atoms with Crippen molar-refractivity contribution in [1.82, 2.24) is 10.2 Å². The summed E-state index contributed by atoms with van der Waals surface area (Å²) >= 11 is 5.99. The van der Waals surface area contributed by atoms with Crippen LogP contribution in [0.2, 0.25) is 5.02 Å². The van der Waals surface area contributed by atoms with Gasteiger partial charge in [0.05, 0.1) is 0 Å². The molecule has 1 atom stereocenters. The standard InChI is InChI=1S/C23H29ClN2O3/c1-3-22(27)26(17-19-10-12-20(24)13-11-19)21(16-18-8-5-4-6-9-18)23(28)25-14-7-15-29-2/h4-6,8-13,21H,3,7,14-17H2,1-2H3,(H,25,28). The molecule has 0 bridgehead atoms. The zero-order chi connectivity index (χ0) is 21.1. The number of hydrogen-bond acceptors (Lipinski definition) is 3. The van der Waals surface area contributed by atoms with Gasteiger partial charge in [0.15, 0.2) is 0 Å². The minimum absolute atomic E-state index is 0.0621. The molecule has 156 valence electrons. The number of benzene rings is 2. The molecule has 0 saturated carbocycles. The highest BCUT2D eigenvalue weighted by Gasteiger charge is 2.29. The zero-order valence-electron chi connectivity index (χ0n) is 17.1. The molecule has 6 heteroatoms. The summed E-state index contributed by atoms with van der Waals surface area (Å²) in [6.45, 7) is 3.25. The van der Waals surface area contributed by atoms with Gasteiger partial charge in [-0.3, -0.25) is 9.59 Å². The molecule has 1 unspecified atom stereocenters. The summed E-state index contributed by atoms with van der Waals surface area (Å²) in [5.41, 5.74) is 1.94. The fourth-order valence-corrected chi connectivity index (χ4v) is 3.22. The average Bonchev–Trinajstić information content (AvgIpc) is 2.75. The number of nitrogens with zero attached hydrogens (tertiary/aromatic N) is 1. The van der Waals surface area contributed by atoms with Gasteiger partial charge in [-0.25, -0.2) is 0 Å². The van der Waals surface area contributed by atoms with Crippen LogP contribution in [0.5, 0.6) is 0 Å². The van der Waals surface area contributed by atoms with Gasteiger partial charge in [-0.1, -0.05) is 61.0 Å². The summed E-state index contributed by atoms with van der Waals surface area (Å²) in [4.78, 5) is 27.5. The molecule has 2 aromatic rings. The minimum Gasteiger partial charge on any atom is -0.385 e. The molecule has 0 aliphatic carbocycles. The highest BCUT2D eigenvalue weighted by Crippen LogP contribution is 2.17. The van der Waals surface area contributed by atoms with E-state index >= 15 is 0 Å². The number of halogens is 1. The van der Waals surface area contributed by atoms with Crippen LogP contribution in [0.3, 0.4) is 0 Å². The van der Waals surface area contributed by atoms with Crippen LogP contribution in [0.4, 0.5) is 0 Å². The molecule has 2 aromatic carbocycles. The van der Waals surface area contributed by atoms with Crippen molar-refractivity contribution in [3.63, 3.8) is 0 Å². The van der Waals surface area contributed by atoms with Crippen LogP contribution in [0.1, 0.15) is 30.9 Å². The van der Waals surface area contributed by atoms with E-state index in [0.717, 1.165) is 17.5 Å². The van der Waals surface area contributed by atoms with Crippen LogP contribution in [-0.4, -0.2) is 43.0 Å². The average molecular weight is 417 g/mol. The van der Waals surface area contributed by atoms with E-state index in [1.807, 2.05) is 49.4 Å². The summed E-state index contributed by atoms with van der Waals surface area (Å²) in [7, 11) is 1.63. The van der Waals surface area contributed by atoms with Gasteiger partial charge in [-0.05, 0) is 29.7 Å². The molecule has 5 nitrogen and oxygen atoms in total. The number of ether oxygens (including phenoxy) is 1. The maximum atomic E-state index is 13.0. The second kappa shape index (κ2) is 12.2. The third kappa shape index (κ3) is 7.52. The summed E-state index contributed by atoms with van der Waals surface area (Å²) in [5.74, 6) is -0.214. The Bertz CT molecular complexity index is 765. The molecule has 0 fully saturated rings. The predicted octanol–water partition coefficient (Wildman–Crippen LogP) is 3.84. The van der Waals surface area contributed by atoms with E-state index in [9.17, 15) is 9.59 Å². The van der Waals surface area contributed by atoms with E-state index < -0.39 is 6.04 Å². The first kappa shape index (κ1) is 22.9. The lowest BCUT2D eigenvalue weighted by atomic mass is 10.0. The first-order chi connectivity index (χ1) is 14.0. The number of nitrogens with one attached hydrogen (secondary N) is 1. The van der Waals surface area contributed by atoms with Crippen LogP contribution in [0.25, 0.3) is 0 Å². The largest absolute Gasteiger partial charge is 0.385 e. The summed E-state index contributed by atoms with van der Waals surface area (Å²) in [6, 6.07) is 16.5. The number of rotatable bonds is 11. The Balaban J connectivity index is 2.25. The maximum absolute atomic E-state index is 13.0. The molecule has 29 heavy (non-hydrogen) atoms. The predicted molar refractivity (Wildman–Crippen MR) is 116 cm³/mol. The lowest BCUT2D eigenvalue weighted by Crippen LogP contribution is -2.50. The van der Waals surface area contributed by atoms with Crippen LogP contribution in [0.15, 0.2) is 54.6 Å². The number of hydrogen-bond donors (Lipinski definition) is 1. The lowest BCUT2D eigenvalue weighted by molar-refractivity contribution is -0.141. The van der Waals surface area contributed by atoms with Gasteiger partial charge in [0.2, 0.25) is 11.8 Å². The van der Waals surface area contributed by atoms with Gasteiger partial charge < -0.3 is 15.0 Å². The molecule has 0 aromatic heterocycles. The molecular weight excluding hydrogens is 388 g/mol. The highest BCUT2D eigenvalue weighted by atomic mass is 35.5. The third-order valence-electron chi connectivity index (χ3n) is 4.66. The lowest BCUT2D eigenvalue weighted by Gasteiger charge is -2.31. The Morgan fingerprint density at radius 1 is 1.07 bits per heavy atom. The Hall–Kier alpha value is -2.37. The molecule has 0 aliphatic heterocycles. The Morgan fingerprint density at radius 3 is 2.38 bits per heavy atom. The fourth-order valence-electron chi connectivity index (χ4n) is 3.09. The first-order valence-electron chi connectivity index (χ1n) is 9.89. The normalized spacial score (nSPS) is 11.7. The molecule has 2 rings (SSSR count). The molecule has 1 N–H and O–H groups in total. The third-order valence-corrected chi connectivity index (χ3v) is 4.92. The van der Waals surface area contributed by atoms with Crippen molar-refractivity contribution in [3.8, 4) is 0 Å². The second-order valence-electron chi connectivity index (χ2n) is 6.84. The smallest absolute Gasteiger partial charge is 0.243 e. The summed E-state index contributed by atoms with van der Waals surface area (Å²) in [5, 5.41) is 3.60. The van der Waals surface area contributed by atoms with E-state index in [4.69, 9.17) is 16.3 Å². The monoisotopic (exact) mass is 416 g/mol. The second-order valence-corrected chi connectivity index (χ2v) is 7.28. The van der Waals surface area contributed by atoms with E-state index in [-0.39, 0.29) is 11.8 Å². The van der Waals surface area contributed by atoms with Gasteiger partial charge in [0.25, 0.3) is 0 Å². The topological polar surface area (TPSA) is 58.6 Å². The number of carbonyl (C=O) groups excluding carboxylic acids is 2. The van der Waals surface area contributed by atoms with Crippen LogP contribution < -0.4 is 5.32 Å². The van der Waals surface area contributed by atoms with Crippen molar-refractivity contribution in [2.24, 2.45) is 0 Å². The molecule has 0 saturated heterocycles. The van der Waals surface area contributed by atoms with E-state index in [0.29, 0.717) is 37.6 Å². The van der Waals surface area contributed by atoms with Crippen LogP contribution in [-0.2, 0) is 27.3 Å². The highest BCUT2D eigenvalue weighted by molar-refractivity contribution is 6.30.